The molecule has 10 heteroatoms. The molecular formula is C20H19F2N5O3. The van der Waals surface area contributed by atoms with E-state index in [1.165, 1.54) is 10.6 Å². The monoisotopic (exact) mass is 415 g/mol. The van der Waals surface area contributed by atoms with Crippen molar-refractivity contribution >= 4 is 22.8 Å². The maximum atomic E-state index is 15.0. The van der Waals surface area contributed by atoms with Crippen molar-refractivity contribution in [2.45, 2.75) is 25.9 Å². The molecule has 0 spiro atoms. The zero-order valence-electron chi connectivity index (χ0n) is 16.3. The number of carboxylic acids is 1. The summed E-state index contributed by atoms with van der Waals surface area (Å²) in [5.41, 5.74) is -1.37. The van der Waals surface area contributed by atoms with E-state index in [1.54, 1.807) is 4.90 Å². The van der Waals surface area contributed by atoms with Gasteiger partial charge in [0.25, 0.3) is 0 Å². The molecule has 8 nitrogen and oxygen atoms in total. The minimum atomic E-state index is -1.47. The highest BCUT2D eigenvalue weighted by Crippen LogP contribution is 2.24. The van der Waals surface area contributed by atoms with Crippen molar-refractivity contribution in [2.75, 3.05) is 18.0 Å². The van der Waals surface area contributed by atoms with Gasteiger partial charge in [-0.1, -0.05) is 0 Å². The predicted molar refractivity (Wildman–Crippen MR) is 106 cm³/mol. The van der Waals surface area contributed by atoms with Crippen LogP contribution in [-0.4, -0.2) is 50.8 Å². The molecule has 0 aromatic carbocycles. The number of carboxylic acid groups (broad SMARTS) is 1. The zero-order chi connectivity index (χ0) is 21.6. The fourth-order valence-electron chi connectivity index (χ4n) is 3.77. The number of anilines is 1. The second-order valence-corrected chi connectivity index (χ2v) is 7.42. The number of hydrogen-bond acceptors (Lipinski definition) is 6. The molecule has 1 fully saturated rings. The van der Waals surface area contributed by atoms with Gasteiger partial charge in [-0.05, 0) is 32.0 Å². The third kappa shape index (κ3) is 3.50. The third-order valence-electron chi connectivity index (χ3n) is 4.96. The number of fused-ring (bicyclic) bond motifs is 1. The highest BCUT2D eigenvalue weighted by Gasteiger charge is 2.26. The first-order chi connectivity index (χ1) is 14.2. The summed E-state index contributed by atoms with van der Waals surface area (Å²) in [5, 5.41) is 12.6. The number of rotatable bonds is 3. The SMILES string of the molecule is CC1CN(c2nc3c(cc2F)c(=O)c(C(=O)O)cn3-c2ccc(F)cn2)CC(C)N1. The number of pyridine rings is 3. The number of halogens is 2. The normalized spacial score (nSPS) is 19.3. The van der Waals surface area contributed by atoms with Crippen LogP contribution in [0.2, 0.25) is 0 Å². The average molecular weight is 415 g/mol. The Balaban J connectivity index is 1.98. The topological polar surface area (TPSA) is 100 Å². The van der Waals surface area contributed by atoms with E-state index in [-0.39, 0.29) is 34.8 Å². The molecule has 1 aliphatic heterocycles. The Labute approximate surface area is 169 Å². The van der Waals surface area contributed by atoms with Gasteiger partial charge < -0.3 is 15.3 Å². The molecule has 2 atom stereocenters. The van der Waals surface area contributed by atoms with Gasteiger partial charge in [0, 0.05) is 31.4 Å². The van der Waals surface area contributed by atoms with Crippen LogP contribution in [0.5, 0.6) is 0 Å². The molecule has 2 N–H and O–H groups in total. The first-order valence-corrected chi connectivity index (χ1v) is 9.36. The second-order valence-electron chi connectivity index (χ2n) is 7.42. The summed E-state index contributed by atoms with van der Waals surface area (Å²) in [6.45, 7) is 4.95. The van der Waals surface area contributed by atoms with Gasteiger partial charge in [0.2, 0.25) is 5.43 Å². The number of piperazine rings is 1. The molecule has 0 bridgehead atoms. The fraction of sp³-hybridized carbons (Fsp3) is 0.300. The van der Waals surface area contributed by atoms with E-state index >= 15 is 0 Å². The highest BCUT2D eigenvalue weighted by atomic mass is 19.1. The van der Waals surface area contributed by atoms with E-state index in [4.69, 9.17) is 0 Å². The first-order valence-electron chi connectivity index (χ1n) is 9.36. The number of carbonyl (C=O) groups is 1. The smallest absolute Gasteiger partial charge is 0.341 e. The van der Waals surface area contributed by atoms with Crippen molar-refractivity contribution in [2.24, 2.45) is 0 Å². The van der Waals surface area contributed by atoms with Gasteiger partial charge in [-0.15, -0.1) is 0 Å². The van der Waals surface area contributed by atoms with Crippen molar-refractivity contribution in [1.29, 1.82) is 0 Å². The summed E-state index contributed by atoms with van der Waals surface area (Å²) in [6.07, 6.45) is 2.04. The van der Waals surface area contributed by atoms with E-state index in [0.717, 1.165) is 24.5 Å². The lowest BCUT2D eigenvalue weighted by molar-refractivity contribution is 0.0695. The van der Waals surface area contributed by atoms with Crippen molar-refractivity contribution in [3.8, 4) is 5.82 Å². The van der Waals surface area contributed by atoms with Gasteiger partial charge in [-0.3, -0.25) is 9.36 Å². The quantitative estimate of drug-likeness (QED) is 0.674. The Kier molecular flexibility index (Phi) is 4.94. The summed E-state index contributed by atoms with van der Waals surface area (Å²) in [6, 6.07) is 3.67. The van der Waals surface area contributed by atoms with Crippen LogP contribution in [0.1, 0.15) is 24.2 Å². The highest BCUT2D eigenvalue weighted by molar-refractivity contribution is 5.92. The molecule has 4 rings (SSSR count). The van der Waals surface area contributed by atoms with Crippen molar-refractivity contribution in [3.63, 3.8) is 0 Å². The van der Waals surface area contributed by atoms with Crippen molar-refractivity contribution in [1.82, 2.24) is 19.9 Å². The van der Waals surface area contributed by atoms with Gasteiger partial charge >= 0.3 is 5.97 Å². The van der Waals surface area contributed by atoms with Gasteiger partial charge in [0.1, 0.15) is 17.2 Å². The van der Waals surface area contributed by atoms with Crippen LogP contribution in [0.15, 0.2) is 35.4 Å². The van der Waals surface area contributed by atoms with Crippen LogP contribution < -0.4 is 15.6 Å². The second kappa shape index (κ2) is 7.45. The number of nitrogens with one attached hydrogen (secondary N) is 1. The summed E-state index contributed by atoms with van der Waals surface area (Å²) in [5.74, 6) is -2.56. The van der Waals surface area contributed by atoms with E-state index in [1.807, 2.05) is 13.8 Å². The Morgan fingerprint density at radius 1 is 1.23 bits per heavy atom. The van der Waals surface area contributed by atoms with E-state index in [2.05, 4.69) is 15.3 Å². The first kappa shape index (κ1) is 19.9. The van der Waals surface area contributed by atoms with Gasteiger partial charge in [0.15, 0.2) is 17.3 Å². The molecule has 0 aliphatic carbocycles. The molecule has 0 amide bonds. The average Bonchev–Trinajstić information content (AvgIpc) is 2.68. The van der Waals surface area contributed by atoms with Crippen LogP contribution in [-0.2, 0) is 0 Å². The lowest BCUT2D eigenvalue weighted by atomic mass is 10.1. The van der Waals surface area contributed by atoms with Gasteiger partial charge in [-0.25, -0.2) is 23.5 Å². The molecule has 3 aromatic heterocycles. The minimum absolute atomic E-state index is 0.0411. The van der Waals surface area contributed by atoms with E-state index in [0.29, 0.717) is 13.1 Å². The van der Waals surface area contributed by atoms with Crippen LogP contribution in [0.25, 0.3) is 16.9 Å². The molecule has 156 valence electrons. The van der Waals surface area contributed by atoms with Gasteiger partial charge in [-0.2, -0.15) is 0 Å². The molecule has 0 saturated carbocycles. The van der Waals surface area contributed by atoms with Crippen LogP contribution in [0.3, 0.4) is 0 Å². The number of aromatic nitrogens is 3. The summed E-state index contributed by atoms with van der Waals surface area (Å²) >= 11 is 0. The third-order valence-corrected chi connectivity index (χ3v) is 4.96. The molecule has 4 heterocycles. The predicted octanol–water partition coefficient (Wildman–Crippen LogP) is 1.94. The number of nitrogens with zero attached hydrogens (tertiary/aromatic N) is 4. The lowest BCUT2D eigenvalue weighted by Gasteiger charge is -2.37. The summed E-state index contributed by atoms with van der Waals surface area (Å²) in [7, 11) is 0. The molecule has 1 saturated heterocycles. The van der Waals surface area contributed by atoms with Crippen LogP contribution in [0.4, 0.5) is 14.6 Å². The Morgan fingerprint density at radius 2 is 1.93 bits per heavy atom. The Morgan fingerprint density at radius 3 is 2.53 bits per heavy atom. The van der Waals surface area contributed by atoms with Gasteiger partial charge in [0.05, 0.1) is 11.6 Å². The van der Waals surface area contributed by atoms with Crippen LogP contribution >= 0.6 is 0 Å². The minimum Gasteiger partial charge on any atom is -0.477 e. The summed E-state index contributed by atoms with van der Waals surface area (Å²) in [4.78, 5) is 34.3. The van der Waals surface area contributed by atoms with E-state index in [9.17, 15) is 23.5 Å². The molecule has 30 heavy (non-hydrogen) atoms. The maximum Gasteiger partial charge on any atom is 0.341 e. The van der Waals surface area contributed by atoms with Crippen molar-refractivity contribution in [3.05, 3.63) is 58.0 Å². The van der Waals surface area contributed by atoms with E-state index < -0.39 is 28.6 Å². The van der Waals surface area contributed by atoms with Crippen molar-refractivity contribution < 1.29 is 18.7 Å². The molecule has 3 aromatic rings. The lowest BCUT2D eigenvalue weighted by Crippen LogP contribution is -2.54. The maximum absolute atomic E-state index is 15.0. The Hall–Kier alpha value is -3.40. The summed E-state index contributed by atoms with van der Waals surface area (Å²) < 4.78 is 29.6. The molecule has 2 unspecified atom stereocenters. The molecule has 1 aliphatic rings. The standard InChI is InChI=1S/C20H19F2N5O3/c1-10-7-26(8-11(2)24-10)19-15(22)5-13-17(28)14(20(29)30)9-27(18(13)25-19)16-4-3-12(21)6-23-16/h3-6,9-11,24H,7-8H2,1-2H3,(H,29,30). The largest absolute Gasteiger partial charge is 0.477 e. The fourth-order valence-corrected chi connectivity index (χ4v) is 3.77. The number of hydrogen-bond donors (Lipinski definition) is 2. The molecule has 0 radical (unpaired) electrons. The number of aromatic carboxylic acids is 1. The van der Waals surface area contributed by atoms with Crippen LogP contribution in [0, 0.1) is 11.6 Å². The zero-order valence-corrected chi connectivity index (χ0v) is 16.3. The molecular weight excluding hydrogens is 396 g/mol. The Bertz CT molecular complexity index is 1190.